The maximum Gasteiger partial charge on any atom is 0.243 e. The molecule has 1 saturated carbocycles. The minimum Gasteiger partial charge on any atom is -0.352 e. The number of halogens is 1. The Hall–Kier alpha value is -2.53. The van der Waals surface area contributed by atoms with Crippen molar-refractivity contribution >= 4 is 24.0 Å². The van der Waals surface area contributed by atoms with Gasteiger partial charge in [-0.2, -0.15) is 4.39 Å². The zero-order valence-electron chi connectivity index (χ0n) is 20.8. The molecule has 0 bridgehead atoms. The Labute approximate surface area is 200 Å². The van der Waals surface area contributed by atoms with Crippen LogP contribution >= 0.6 is 0 Å². The molecule has 2 fully saturated rings. The van der Waals surface area contributed by atoms with Gasteiger partial charge in [0.25, 0.3) is 0 Å². The predicted molar refractivity (Wildman–Crippen MR) is 127 cm³/mol. The molecule has 1 aliphatic heterocycles. The molecule has 0 aromatic carbocycles. The lowest BCUT2D eigenvalue weighted by Gasteiger charge is -2.30. The van der Waals surface area contributed by atoms with Crippen LogP contribution in [0.1, 0.15) is 51.8 Å². The number of aryl methyl sites for hydroxylation is 1. The number of nitrogens with one attached hydrogen (secondary N) is 2. The summed E-state index contributed by atoms with van der Waals surface area (Å²) in [6, 6.07) is 0.230. The molecule has 1 unspecified atom stereocenters. The van der Waals surface area contributed by atoms with Crippen molar-refractivity contribution in [2.75, 3.05) is 44.1 Å². The Balaban J connectivity index is 1.73. The van der Waals surface area contributed by atoms with Crippen LogP contribution in [0.4, 0.5) is 16.0 Å². The molecule has 2 heterocycles. The van der Waals surface area contributed by atoms with Gasteiger partial charge in [0.15, 0.2) is 11.6 Å². The van der Waals surface area contributed by atoms with E-state index in [1.54, 1.807) is 6.92 Å². The van der Waals surface area contributed by atoms with Gasteiger partial charge in [0.05, 0.1) is 12.5 Å². The molecule has 0 radical (unpaired) electrons. The number of anilines is 2. The number of hydrogen-bond acceptors (Lipinski definition) is 8. The minimum atomic E-state index is -0.634. The second kappa shape index (κ2) is 10.8. The molecule has 2 aliphatic rings. The fraction of sp³-hybridized carbons (Fsp3) is 0.739. The van der Waals surface area contributed by atoms with Crippen LogP contribution < -0.4 is 15.8 Å². The van der Waals surface area contributed by atoms with Crippen molar-refractivity contribution in [1.82, 2.24) is 25.4 Å². The molecule has 2 amide bonds. The number of hydrogen-bond donors (Lipinski definition) is 3. The van der Waals surface area contributed by atoms with Gasteiger partial charge < -0.3 is 9.80 Å². The first-order valence-corrected chi connectivity index (χ1v) is 11.9. The quantitative estimate of drug-likeness (QED) is 0.266. The van der Waals surface area contributed by atoms with Gasteiger partial charge >= 0.3 is 0 Å². The van der Waals surface area contributed by atoms with Gasteiger partial charge in [-0.1, -0.05) is 39.5 Å². The minimum absolute atomic E-state index is 0.0567. The summed E-state index contributed by atoms with van der Waals surface area (Å²) in [7, 11) is 4.03. The van der Waals surface area contributed by atoms with Crippen molar-refractivity contribution in [2.24, 2.45) is 17.3 Å². The summed E-state index contributed by atoms with van der Waals surface area (Å²) in [5, 5.41) is 10.1. The van der Waals surface area contributed by atoms with E-state index in [2.05, 4.69) is 39.6 Å². The maximum absolute atomic E-state index is 15.4. The highest BCUT2D eigenvalue weighted by molar-refractivity contribution is 5.80. The molecule has 3 rings (SSSR count). The molecule has 3 N–H and O–H groups in total. The normalized spacial score (nSPS) is 21.1. The molecule has 0 spiro atoms. The lowest BCUT2D eigenvalue weighted by molar-refractivity contribution is -0.154. The predicted octanol–water partition coefficient (Wildman–Crippen LogP) is 2.19. The standard InChI is InChI=1S/C23H38FN7O3/c1-15-25-20(19(24)21(26-15)30-12-18(29(4)5)23(2,3)13-30)27-28-22(33)17(11-31(34)14-32)10-16-8-6-7-9-16/h14,16-18,34H,6-13H2,1-5H3,(H,28,33)(H,25,26,27)/t17-,18?/m1/s1. The molecule has 1 aliphatic carbocycles. The number of carbonyl (C=O) groups excluding carboxylic acids is 2. The fourth-order valence-electron chi connectivity index (χ4n) is 5.38. The van der Waals surface area contributed by atoms with E-state index in [9.17, 15) is 14.8 Å². The van der Waals surface area contributed by atoms with Crippen LogP contribution in [-0.2, 0) is 9.59 Å². The summed E-state index contributed by atoms with van der Waals surface area (Å²) in [6.45, 7) is 7.11. The van der Waals surface area contributed by atoms with Crippen molar-refractivity contribution in [2.45, 2.75) is 58.9 Å². The Morgan fingerprint density at radius 2 is 2.00 bits per heavy atom. The van der Waals surface area contributed by atoms with Gasteiger partial charge in [-0.3, -0.25) is 25.6 Å². The number of aromatic nitrogens is 2. The lowest BCUT2D eigenvalue weighted by Crippen LogP contribution is -2.41. The highest BCUT2D eigenvalue weighted by atomic mass is 19.1. The number of rotatable bonds is 10. The van der Waals surface area contributed by atoms with E-state index < -0.39 is 17.6 Å². The molecule has 1 aromatic rings. The molecule has 2 atom stereocenters. The van der Waals surface area contributed by atoms with Crippen molar-refractivity contribution in [3.05, 3.63) is 11.6 Å². The highest BCUT2D eigenvalue weighted by Gasteiger charge is 2.42. The molecule has 190 valence electrons. The average molecular weight is 480 g/mol. The van der Waals surface area contributed by atoms with E-state index in [1.165, 1.54) is 0 Å². The van der Waals surface area contributed by atoms with Gasteiger partial charge in [0.2, 0.25) is 18.1 Å². The zero-order chi connectivity index (χ0) is 25.0. The monoisotopic (exact) mass is 479 g/mol. The Kier molecular flexibility index (Phi) is 8.29. The number of amides is 2. The number of hydrazine groups is 1. The SMILES string of the molecule is Cc1nc(NNC(=O)[C@H](CC2CCCC2)CN(O)C=O)c(F)c(N2CC(N(C)C)C(C)(C)C2)n1. The number of likely N-dealkylation sites (N-methyl/N-ethyl adjacent to an activating group) is 1. The van der Waals surface area contributed by atoms with Crippen LogP contribution in [0, 0.1) is 30.0 Å². The molecule has 10 nitrogen and oxygen atoms in total. The van der Waals surface area contributed by atoms with E-state index in [0.29, 0.717) is 36.3 Å². The molecular weight excluding hydrogens is 441 g/mol. The van der Waals surface area contributed by atoms with Gasteiger partial charge in [0.1, 0.15) is 5.82 Å². The number of hydroxylamine groups is 2. The van der Waals surface area contributed by atoms with Gasteiger partial charge in [0, 0.05) is 19.1 Å². The molecular formula is C23H38FN7O3. The van der Waals surface area contributed by atoms with Crippen LogP contribution in [0.5, 0.6) is 0 Å². The largest absolute Gasteiger partial charge is 0.352 e. The van der Waals surface area contributed by atoms with E-state index in [4.69, 9.17) is 0 Å². The summed E-state index contributed by atoms with van der Waals surface area (Å²) in [6.07, 6.45) is 5.10. The average Bonchev–Trinajstić information content (AvgIpc) is 3.39. The Morgan fingerprint density at radius 3 is 2.59 bits per heavy atom. The summed E-state index contributed by atoms with van der Waals surface area (Å²) < 4.78 is 15.4. The van der Waals surface area contributed by atoms with Crippen LogP contribution in [0.3, 0.4) is 0 Å². The first-order chi connectivity index (χ1) is 16.0. The van der Waals surface area contributed by atoms with E-state index in [-0.39, 0.29) is 36.0 Å². The molecule has 34 heavy (non-hydrogen) atoms. The first-order valence-electron chi connectivity index (χ1n) is 11.9. The Morgan fingerprint density at radius 1 is 1.32 bits per heavy atom. The van der Waals surface area contributed by atoms with Crippen LogP contribution in [-0.4, -0.2) is 77.2 Å². The third kappa shape index (κ3) is 6.12. The van der Waals surface area contributed by atoms with E-state index >= 15 is 4.39 Å². The van der Waals surface area contributed by atoms with Gasteiger partial charge in [-0.25, -0.2) is 15.0 Å². The summed E-state index contributed by atoms with van der Waals surface area (Å²) in [5.41, 5.74) is 5.09. The third-order valence-corrected chi connectivity index (χ3v) is 7.06. The second-order valence-corrected chi connectivity index (χ2v) is 10.5. The van der Waals surface area contributed by atoms with Crippen LogP contribution in [0.15, 0.2) is 0 Å². The first kappa shape index (κ1) is 26.1. The number of nitrogens with zero attached hydrogens (tertiary/aromatic N) is 5. The van der Waals surface area contributed by atoms with Crippen LogP contribution in [0.2, 0.25) is 0 Å². The van der Waals surface area contributed by atoms with Crippen molar-refractivity contribution in [1.29, 1.82) is 0 Å². The topological polar surface area (TPSA) is 114 Å². The van der Waals surface area contributed by atoms with Crippen molar-refractivity contribution < 1.29 is 19.2 Å². The van der Waals surface area contributed by atoms with E-state index in [1.807, 2.05) is 19.0 Å². The smallest absolute Gasteiger partial charge is 0.243 e. The Bertz CT molecular complexity index is 876. The highest BCUT2D eigenvalue weighted by Crippen LogP contribution is 2.36. The summed E-state index contributed by atoms with van der Waals surface area (Å²) in [5.74, 6) is -0.862. The zero-order valence-corrected chi connectivity index (χ0v) is 20.8. The third-order valence-electron chi connectivity index (χ3n) is 7.06. The summed E-state index contributed by atoms with van der Waals surface area (Å²) >= 11 is 0. The van der Waals surface area contributed by atoms with E-state index in [0.717, 1.165) is 25.7 Å². The fourth-order valence-corrected chi connectivity index (χ4v) is 5.38. The lowest BCUT2D eigenvalue weighted by atomic mass is 9.87. The maximum atomic E-state index is 15.4. The summed E-state index contributed by atoms with van der Waals surface area (Å²) in [4.78, 5) is 36.3. The van der Waals surface area contributed by atoms with Gasteiger partial charge in [-0.05, 0) is 38.8 Å². The number of carbonyl (C=O) groups is 2. The van der Waals surface area contributed by atoms with Crippen molar-refractivity contribution in [3.8, 4) is 0 Å². The van der Waals surface area contributed by atoms with Gasteiger partial charge in [-0.15, -0.1) is 0 Å². The van der Waals surface area contributed by atoms with Crippen LogP contribution in [0.25, 0.3) is 0 Å². The second-order valence-electron chi connectivity index (χ2n) is 10.5. The van der Waals surface area contributed by atoms with Crippen molar-refractivity contribution in [3.63, 3.8) is 0 Å². The molecule has 1 saturated heterocycles. The molecule has 1 aromatic heterocycles. The molecule has 11 heteroatoms.